The van der Waals surface area contributed by atoms with Crippen LogP contribution in [0.15, 0.2) is 49.3 Å². The van der Waals surface area contributed by atoms with Crippen molar-refractivity contribution in [3.63, 3.8) is 0 Å². The molecule has 21 heavy (non-hydrogen) atoms. The fourth-order valence-corrected chi connectivity index (χ4v) is 2.07. The van der Waals surface area contributed by atoms with Gasteiger partial charge in [-0.2, -0.15) is 5.10 Å². The van der Waals surface area contributed by atoms with Crippen LogP contribution >= 0.6 is 0 Å². The van der Waals surface area contributed by atoms with E-state index in [2.05, 4.69) is 46.7 Å². The Morgan fingerprint density at radius 3 is 2.71 bits per heavy atom. The third kappa shape index (κ3) is 3.10. The van der Waals surface area contributed by atoms with Crippen molar-refractivity contribution in [2.75, 3.05) is 5.32 Å². The van der Waals surface area contributed by atoms with Gasteiger partial charge in [0, 0.05) is 30.0 Å². The lowest BCUT2D eigenvalue weighted by Gasteiger charge is -2.08. The summed E-state index contributed by atoms with van der Waals surface area (Å²) in [6.45, 7) is 4.98. The number of benzene rings is 1. The second kappa shape index (κ2) is 5.78. The van der Waals surface area contributed by atoms with Crippen molar-refractivity contribution in [3.8, 4) is 5.69 Å². The highest BCUT2D eigenvalue weighted by molar-refractivity contribution is 5.51. The van der Waals surface area contributed by atoms with Crippen LogP contribution in [0.5, 0.6) is 0 Å². The molecule has 0 saturated heterocycles. The fourth-order valence-electron chi connectivity index (χ4n) is 2.07. The molecule has 2 heterocycles. The number of anilines is 1. The predicted octanol–water partition coefficient (Wildman–Crippen LogP) is 2.66. The van der Waals surface area contributed by atoms with E-state index in [0.29, 0.717) is 6.04 Å². The number of hydrogen-bond donors (Lipinski definition) is 1. The molecular formula is C15H18N6. The molecule has 0 radical (unpaired) electrons. The fraction of sp³-hybridized carbons (Fsp3) is 0.267. The molecule has 6 heteroatoms. The van der Waals surface area contributed by atoms with E-state index in [1.165, 1.54) is 5.56 Å². The first-order valence-electron chi connectivity index (χ1n) is 6.94. The van der Waals surface area contributed by atoms with Crippen molar-refractivity contribution in [2.24, 2.45) is 0 Å². The molecule has 2 aromatic heterocycles. The smallest absolute Gasteiger partial charge is 0.123 e. The molecule has 1 N–H and O–H groups in total. The zero-order chi connectivity index (χ0) is 14.7. The van der Waals surface area contributed by atoms with Crippen LogP contribution < -0.4 is 5.32 Å². The zero-order valence-corrected chi connectivity index (χ0v) is 12.1. The summed E-state index contributed by atoms with van der Waals surface area (Å²) in [6.07, 6.45) is 7.34. The molecule has 0 fully saturated rings. The Morgan fingerprint density at radius 1 is 1.19 bits per heavy atom. The molecule has 0 aliphatic rings. The van der Waals surface area contributed by atoms with Crippen LogP contribution in [0.4, 0.5) is 5.69 Å². The summed E-state index contributed by atoms with van der Waals surface area (Å²) in [5.74, 6) is 0. The summed E-state index contributed by atoms with van der Waals surface area (Å²) in [4.78, 5) is 0. The highest BCUT2D eigenvalue weighted by atomic mass is 15.3. The van der Waals surface area contributed by atoms with E-state index < -0.39 is 0 Å². The topological polar surface area (TPSA) is 60.6 Å². The van der Waals surface area contributed by atoms with Crippen LogP contribution in [0, 0.1) is 0 Å². The maximum atomic E-state index is 4.34. The van der Waals surface area contributed by atoms with Crippen molar-refractivity contribution in [1.82, 2.24) is 24.5 Å². The van der Waals surface area contributed by atoms with Gasteiger partial charge in [-0.05, 0) is 32.0 Å². The Balaban J connectivity index is 1.69. The molecule has 0 amide bonds. The molecule has 3 aromatic rings. The molecular weight excluding hydrogens is 264 g/mol. The molecule has 6 nitrogen and oxygen atoms in total. The SMILES string of the molecule is CC(C)n1cc(CNc2cccc(-n3cnnc3)c2)cn1. The second-order valence-electron chi connectivity index (χ2n) is 5.20. The Kier molecular flexibility index (Phi) is 3.68. The number of nitrogens with zero attached hydrogens (tertiary/aromatic N) is 5. The van der Waals surface area contributed by atoms with Gasteiger partial charge in [0.25, 0.3) is 0 Å². The van der Waals surface area contributed by atoms with E-state index in [-0.39, 0.29) is 0 Å². The van der Waals surface area contributed by atoms with Gasteiger partial charge in [-0.15, -0.1) is 10.2 Å². The number of aromatic nitrogens is 5. The predicted molar refractivity (Wildman–Crippen MR) is 81.3 cm³/mol. The van der Waals surface area contributed by atoms with Gasteiger partial charge in [0.2, 0.25) is 0 Å². The molecule has 0 aliphatic carbocycles. The molecule has 0 atom stereocenters. The standard InChI is InChI=1S/C15H18N6/c1-12(2)21-9-13(8-19-21)7-16-14-4-3-5-15(6-14)20-10-17-18-11-20/h3-6,8-12,16H,7H2,1-2H3. The minimum atomic E-state index is 0.385. The average molecular weight is 282 g/mol. The van der Waals surface area contributed by atoms with Gasteiger partial charge >= 0.3 is 0 Å². The summed E-state index contributed by atoms with van der Waals surface area (Å²) < 4.78 is 3.84. The van der Waals surface area contributed by atoms with Gasteiger partial charge < -0.3 is 5.32 Å². The van der Waals surface area contributed by atoms with E-state index in [9.17, 15) is 0 Å². The van der Waals surface area contributed by atoms with E-state index in [0.717, 1.165) is 17.9 Å². The Labute approximate surface area is 123 Å². The number of nitrogens with one attached hydrogen (secondary N) is 1. The minimum absolute atomic E-state index is 0.385. The highest BCUT2D eigenvalue weighted by Gasteiger charge is 2.02. The van der Waals surface area contributed by atoms with Gasteiger partial charge in [0.15, 0.2) is 0 Å². The largest absolute Gasteiger partial charge is 0.381 e. The van der Waals surface area contributed by atoms with E-state index >= 15 is 0 Å². The van der Waals surface area contributed by atoms with Crippen LogP contribution in [0.2, 0.25) is 0 Å². The molecule has 0 spiro atoms. The monoisotopic (exact) mass is 282 g/mol. The summed E-state index contributed by atoms with van der Waals surface area (Å²) in [6, 6.07) is 8.52. The third-order valence-electron chi connectivity index (χ3n) is 3.24. The molecule has 108 valence electrons. The summed E-state index contributed by atoms with van der Waals surface area (Å²) in [7, 11) is 0. The van der Waals surface area contributed by atoms with Crippen molar-refractivity contribution in [3.05, 3.63) is 54.9 Å². The number of hydrogen-bond acceptors (Lipinski definition) is 4. The highest BCUT2D eigenvalue weighted by Crippen LogP contribution is 2.15. The van der Waals surface area contributed by atoms with Crippen LogP contribution in [-0.4, -0.2) is 24.5 Å². The Morgan fingerprint density at radius 2 is 2.00 bits per heavy atom. The van der Waals surface area contributed by atoms with Crippen LogP contribution in [0.1, 0.15) is 25.5 Å². The van der Waals surface area contributed by atoms with Gasteiger partial charge in [0.05, 0.1) is 11.9 Å². The molecule has 0 bridgehead atoms. The second-order valence-corrected chi connectivity index (χ2v) is 5.20. The maximum absolute atomic E-state index is 4.34. The summed E-state index contributed by atoms with van der Waals surface area (Å²) in [5, 5.41) is 15.4. The quantitative estimate of drug-likeness (QED) is 0.781. The van der Waals surface area contributed by atoms with Crippen LogP contribution in [0.25, 0.3) is 5.69 Å². The van der Waals surface area contributed by atoms with Gasteiger partial charge in [-0.1, -0.05) is 6.07 Å². The zero-order valence-electron chi connectivity index (χ0n) is 12.1. The van der Waals surface area contributed by atoms with Crippen LogP contribution in [-0.2, 0) is 6.54 Å². The van der Waals surface area contributed by atoms with Crippen molar-refractivity contribution in [1.29, 1.82) is 0 Å². The lowest BCUT2D eigenvalue weighted by molar-refractivity contribution is 0.532. The first kappa shape index (κ1) is 13.4. The molecule has 0 saturated carbocycles. The number of rotatable bonds is 5. The van der Waals surface area contributed by atoms with Gasteiger partial charge in [-0.25, -0.2) is 0 Å². The lowest BCUT2D eigenvalue weighted by atomic mass is 10.2. The van der Waals surface area contributed by atoms with E-state index in [1.54, 1.807) is 12.7 Å². The van der Waals surface area contributed by atoms with Crippen molar-refractivity contribution >= 4 is 5.69 Å². The molecule has 0 unspecified atom stereocenters. The molecule has 3 rings (SSSR count). The first-order chi connectivity index (χ1) is 10.2. The van der Waals surface area contributed by atoms with E-state index in [1.807, 2.05) is 33.6 Å². The van der Waals surface area contributed by atoms with Crippen molar-refractivity contribution < 1.29 is 0 Å². The molecule has 1 aromatic carbocycles. The summed E-state index contributed by atoms with van der Waals surface area (Å²) in [5.41, 5.74) is 3.25. The first-order valence-corrected chi connectivity index (χ1v) is 6.94. The third-order valence-corrected chi connectivity index (χ3v) is 3.24. The van der Waals surface area contributed by atoms with Crippen LogP contribution in [0.3, 0.4) is 0 Å². The summed E-state index contributed by atoms with van der Waals surface area (Å²) >= 11 is 0. The normalized spacial score (nSPS) is 11.0. The average Bonchev–Trinajstić information content (AvgIpc) is 3.17. The van der Waals surface area contributed by atoms with E-state index in [4.69, 9.17) is 0 Å². The van der Waals surface area contributed by atoms with Gasteiger partial charge in [-0.3, -0.25) is 9.25 Å². The maximum Gasteiger partial charge on any atom is 0.123 e. The lowest BCUT2D eigenvalue weighted by Crippen LogP contribution is -2.01. The minimum Gasteiger partial charge on any atom is -0.381 e. The van der Waals surface area contributed by atoms with Crippen molar-refractivity contribution in [2.45, 2.75) is 26.4 Å². The Bertz CT molecular complexity index is 699. The Hall–Kier alpha value is -2.63. The molecule has 0 aliphatic heterocycles. The van der Waals surface area contributed by atoms with Gasteiger partial charge in [0.1, 0.15) is 12.7 Å².